The molecule has 78 valence electrons. The van der Waals surface area contributed by atoms with Gasteiger partial charge >= 0.3 is 0 Å². The topological polar surface area (TPSA) is 45.6 Å². The maximum absolute atomic E-state index is 11.4. The van der Waals surface area contributed by atoms with Crippen molar-refractivity contribution in [3.8, 4) is 0 Å². The van der Waals surface area contributed by atoms with Gasteiger partial charge in [-0.15, -0.1) is 0 Å². The van der Waals surface area contributed by atoms with Crippen LogP contribution in [0.2, 0.25) is 0 Å². The molecule has 15 heavy (non-hydrogen) atoms. The van der Waals surface area contributed by atoms with Crippen LogP contribution in [0.3, 0.4) is 0 Å². The summed E-state index contributed by atoms with van der Waals surface area (Å²) in [6, 6.07) is 5.54. The maximum Gasteiger partial charge on any atom is 0.239 e. The molecule has 1 saturated heterocycles. The highest BCUT2D eigenvalue weighted by atomic mass is 32.2. The Labute approximate surface area is 92.4 Å². The van der Waals surface area contributed by atoms with Crippen LogP contribution in [0.1, 0.15) is 6.92 Å². The van der Waals surface area contributed by atoms with Gasteiger partial charge in [-0.1, -0.05) is 17.8 Å². The molecule has 0 aliphatic carbocycles. The first-order valence-electron chi connectivity index (χ1n) is 4.74. The molecule has 1 aromatic heterocycles. The highest BCUT2D eigenvalue weighted by Gasteiger charge is 2.26. The molecule has 0 radical (unpaired) electrons. The molecule has 0 aromatic carbocycles. The average molecular weight is 221 g/mol. The lowest BCUT2D eigenvalue weighted by Gasteiger charge is -2.11. The van der Waals surface area contributed by atoms with Gasteiger partial charge in [0.15, 0.2) is 11.0 Å². The molecule has 2 heterocycles. The lowest BCUT2D eigenvalue weighted by atomic mass is 10.5. The first-order valence-corrected chi connectivity index (χ1v) is 5.72. The van der Waals surface area contributed by atoms with Crippen molar-refractivity contribution in [2.24, 2.45) is 4.99 Å². The van der Waals surface area contributed by atoms with Gasteiger partial charge in [0.25, 0.3) is 0 Å². The van der Waals surface area contributed by atoms with Crippen LogP contribution in [0.5, 0.6) is 0 Å². The predicted octanol–water partition coefficient (Wildman–Crippen LogP) is 1.66. The van der Waals surface area contributed by atoms with Crippen molar-refractivity contribution in [3.63, 3.8) is 0 Å². The number of hydrogen-bond acceptors (Lipinski definition) is 4. The molecular formula is C10H11N3OS. The van der Waals surface area contributed by atoms with Gasteiger partial charge in [0.2, 0.25) is 5.91 Å². The Balaban J connectivity index is 2.24. The zero-order valence-electron chi connectivity index (χ0n) is 8.38. The molecule has 1 fully saturated rings. The largest absolute Gasteiger partial charge is 0.291 e. The van der Waals surface area contributed by atoms with Gasteiger partial charge in [-0.25, -0.2) is 9.98 Å². The SMILES string of the molecule is CCN1C(=O)CS/C1=N\c1ccccn1. The summed E-state index contributed by atoms with van der Waals surface area (Å²) in [4.78, 5) is 21.5. The second-order valence-corrected chi connectivity index (χ2v) is 3.95. The molecule has 1 aliphatic rings. The number of aliphatic imine (C=N–C) groups is 1. The van der Waals surface area contributed by atoms with Gasteiger partial charge in [0.05, 0.1) is 5.75 Å². The van der Waals surface area contributed by atoms with E-state index < -0.39 is 0 Å². The van der Waals surface area contributed by atoms with Crippen molar-refractivity contribution in [3.05, 3.63) is 24.4 Å². The lowest BCUT2D eigenvalue weighted by Crippen LogP contribution is -2.28. The molecule has 1 aliphatic heterocycles. The number of aromatic nitrogens is 1. The van der Waals surface area contributed by atoms with Gasteiger partial charge in [-0.2, -0.15) is 0 Å². The van der Waals surface area contributed by atoms with E-state index in [0.717, 1.165) is 5.17 Å². The summed E-state index contributed by atoms with van der Waals surface area (Å²) in [6.07, 6.45) is 1.69. The second kappa shape index (κ2) is 4.44. The van der Waals surface area contributed by atoms with E-state index in [4.69, 9.17) is 0 Å². The smallest absolute Gasteiger partial charge is 0.239 e. The third kappa shape index (κ3) is 2.18. The van der Waals surface area contributed by atoms with E-state index in [-0.39, 0.29) is 5.91 Å². The van der Waals surface area contributed by atoms with Gasteiger partial charge < -0.3 is 0 Å². The minimum absolute atomic E-state index is 0.122. The molecule has 0 unspecified atom stereocenters. The zero-order chi connectivity index (χ0) is 10.7. The Kier molecular flexibility index (Phi) is 3.01. The zero-order valence-corrected chi connectivity index (χ0v) is 9.20. The van der Waals surface area contributed by atoms with Gasteiger partial charge in [0, 0.05) is 12.7 Å². The normalized spacial score (nSPS) is 18.9. The number of thioether (sulfide) groups is 1. The third-order valence-electron chi connectivity index (χ3n) is 2.03. The quantitative estimate of drug-likeness (QED) is 0.763. The summed E-state index contributed by atoms with van der Waals surface area (Å²) in [5.74, 6) is 1.25. The molecule has 0 atom stereocenters. The number of hydrogen-bond donors (Lipinski definition) is 0. The highest BCUT2D eigenvalue weighted by molar-refractivity contribution is 8.15. The molecule has 0 saturated carbocycles. The van der Waals surface area contributed by atoms with Crippen LogP contribution in [0.4, 0.5) is 5.82 Å². The number of carbonyl (C=O) groups is 1. The summed E-state index contributed by atoms with van der Waals surface area (Å²) in [5, 5.41) is 0.751. The first kappa shape index (κ1) is 10.2. The fraction of sp³-hybridized carbons (Fsp3) is 0.300. The molecule has 0 spiro atoms. The molecule has 1 amide bonds. The number of amides is 1. The van der Waals surface area contributed by atoms with E-state index in [9.17, 15) is 4.79 Å². The fourth-order valence-corrected chi connectivity index (χ4v) is 2.26. The number of rotatable bonds is 2. The van der Waals surface area contributed by atoms with E-state index in [0.29, 0.717) is 18.1 Å². The number of amidine groups is 1. The summed E-state index contributed by atoms with van der Waals surface area (Å²) >= 11 is 1.46. The predicted molar refractivity (Wildman–Crippen MR) is 61.2 cm³/mol. The molecule has 0 N–H and O–H groups in total. The lowest BCUT2D eigenvalue weighted by molar-refractivity contribution is -0.123. The summed E-state index contributed by atoms with van der Waals surface area (Å²) in [6.45, 7) is 2.61. The molecular weight excluding hydrogens is 210 g/mol. The highest BCUT2D eigenvalue weighted by Crippen LogP contribution is 2.21. The van der Waals surface area contributed by atoms with Crippen molar-refractivity contribution in [1.29, 1.82) is 0 Å². The van der Waals surface area contributed by atoms with Crippen LogP contribution >= 0.6 is 11.8 Å². The van der Waals surface area contributed by atoms with Crippen molar-refractivity contribution in [1.82, 2.24) is 9.88 Å². The summed E-state index contributed by atoms with van der Waals surface area (Å²) < 4.78 is 0. The monoisotopic (exact) mass is 221 g/mol. The first-order chi connectivity index (χ1) is 7.31. The van der Waals surface area contributed by atoms with Crippen molar-refractivity contribution in [2.75, 3.05) is 12.3 Å². The van der Waals surface area contributed by atoms with Crippen LogP contribution in [-0.2, 0) is 4.79 Å². The van der Waals surface area contributed by atoms with Crippen LogP contribution in [0, 0.1) is 0 Å². The molecule has 0 bridgehead atoms. The Hall–Kier alpha value is -1.36. The van der Waals surface area contributed by atoms with Crippen molar-refractivity contribution >= 4 is 28.7 Å². The maximum atomic E-state index is 11.4. The number of pyridine rings is 1. The van der Waals surface area contributed by atoms with E-state index in [2.05, 4.69) is 9.98 Å². The van der Waals surface area contributed by atoms with E-state index in [1.54, 1.807) is 11.1 Å². The van der Waals surface area contributed by atoms with Gasteiger partial charge in [-0.3, -0.25) is 9.69 Å². The van der Waals surface area contributed by atoms with Crippen LogP contribution in [0.15, 0.2) is 29.4 Å². The van der Waals surface area contributed by atoms with Crippen molar-refractivity contribution in [2.45, 2.75) is 6.92 Å². The van der Waals surface area contributed by atoms with Crippen LogP contribution in [0.25, 0.3) is 0 Å². The van der Waals surface area contributed by atoms with E-state index in [1.165, 1.54) is 11.8 Å². The average Bonchev–Trinajstić information content (AvgIpc) is 2.61. The number of carbonyl (C=O) groups excluding carboxylic acids is 1. The van der Waals surface area contributed by atoms with Crippen LogP contribution in [-0.4, -0.2) is 33.3 Å². The Morgan fingerprint density at radius 3 is 3.13 bits per heavy atom. The van der Waals surface area contributed by atoms with E-state index >= 15 is 0 Å². The molecule has 1 aromatic rings. The third-order valence-corrected chi connectivity index (χ3v) is 2.99. The summed E-state index contributed by atoms with van der Waals surface area (Å²) in [7, 11) is 0. The minimum atomic E-state index is 0.122. The fourth-order valence-electron chi connectivity index (χ4n) is 1.31. The Bertz CT molecular complexity index is 391. The molecule has 5 heteroatoms. The Morgan fingerprint density at radius 1 is 1.60 bits per heavy atom. The molecule has 2 rings (SSSR count). The molecule has 4 nitrogen and oxygen atoms in total. The second-order valence-electron chi connectivity index (χ2n) is 3.01. The van der Waals surface area contributed by atoms with Crippen LogP contribution < -0.4 is 0 Å². The Morgan fingerprint density at radius 2 is 2.47 bits per heavy atom. The van der Waals surface area contributed by atoms with Crippen molar-refractivity contribution < 1.29 is 4.79 Å². The standard InChI is InChI=1S/C10H11N3OS/c1-2-13-9(14)7-15-10(13)12-8-5-3-4-6-11-8/h3-6H,2,7H2,1H3/b12-10-. The van der Waals surface area contributed by atoms with E-state index in [1.807, 2.05) is 25.1 Å². The minimum Gasteiger partial charge on any atom is -0.291 e. The van der Waals surface area contributed by atoms with Gasteiger partial charge in [0.1, 0.15) is 0 Å². The summed E-state index contributed by atoms with van der Waals surface area (Å²) in [5.41, 5.74) is 0. The van der Waals surface area contributed by atoms with Gasteiger partial charge in [-0.05, 0) is 19.1 Å². The number of nitrogens with zero attached hydrogens (tertiary/aromatic N) is 3.